The van der Waals surface area contributed by atoms with Crippen LogP contribution in [0.25, 0.3) is 0 Å². The summed E-state index contributed by atoms with van der Waals surface area (Å²) >= 11 is 7.78. The largest absolute Gasteiger partial charge is 0.491 e. The number of carbonyl (C=O) groups is 2. The lowest BCUT2D eigenvalue weighted by Crippen LogP contribution is -2.50. The van der Waals surface area contributed by atoms with Crippen LogP contribution in [0.5, 0.6) is 5.75 Å². The zero-order chi connectivity index (χ0) is 24.8. The molecule has 1 N–H and O–H groups in total. The van der Waals surface area contributed by atoms with E-state index in [2.05, 4.69) is 16.8 Å². The molecule has 3 amide bonds. The standard InChI is InChI=1S/C27H30ClN3O3S/c1-3-19(2)31(27(33)29-21-9-7-8-20(28)16-21)17-26(32)30-14-12-25-23(13-15-35-25)24(30)18-34-22-10-5-4-6-11-22/h4-11,13,15-16,19,24H,3,12,14,17-18H2,1-2H3,(H,29,33)/t19-,24+/m0/s1. The Morgan fingerprint density at radius 1 is 1.20 bits per heavy atom. The molecule has 8 heteroatoms. The van der Waals surface area contributed by atoms with Gasteiger partial charge in [0, 0.05) is 28.2 Å². The highest BCUT2D eigenvalue weighted by Crippen LogP contribution is 2.34. The number of hydrogen-bond donors (Lipinski definition) is 1. The molecule has 2 heterocycles. The van der Waals surface area contributed by atoms with Gasteiger partial charge >= 0.3 is 6.03 Å². The third-order valence-electron chi connectivity index (χ3n) is 6.33. The molecule has 0 saturated carbocycles. The van der Waals surface area contributed by atoms with Gasteiger partial charge in [-0.25, -0.2) is 4.79 Å². The van der Waals surface area contributed by atoms with E-state index >= 15 is 0 Å². The molecule has 184 valence electrons. The second-order valence-electron chi connectivity index (χ2n) is 8.60. The molecular formula is C27H30ClN3O3S. The van der Waals surface area contributed by atoms with Crippen LogP contribution in [0.4, 0.5) is 10.5 Å². The lowest BCUT2D eigenvalue weighted by molar-refractivity contribution is -0.135. The summed E-state index contributed by atoms with van der Waals surface area (Å²) in [4.78, 5) is 31.5. The highest BCUT2D eigenvalue weighted by molar-refractivity contribution is 7.10. The van der Waals surface area contributed by atoms with Crippen molar-refractivity contribution >= 4 is 40.6 Å². The van der Waals surface area contributed by atoms with Crippen molar-refractivity contribution in [1.82, 2.24) is 9.80 Å². The van der Waals surface area contributed by atoms with E-state index < -0.39 is 0 Å². The minimum absolute atomic E-state index is 0.0112. The topological polar surface area (TPSA) is 61.9 Å². The molecule has 0 radical (unpaired) electrons. The average Bonchev–Trinajstić information content (AvgIpc) is 3.35. The van der Waals surface area contributed by atoms with Crippen molar-refractivity contribution in [2.24, 2.45) is 0 Å². The number of hydrogen-bond acceptors (Lipinski definition) is 4. The number of rotatable bonds is 8. The number of fused-ring (bicyclic) bond motifs is 1. The van der Waals surface area contributed by atoms with E-state index in [1.165, 1.54) is 4.88 Å². The van der Waals surface area contributed by atoms with Gasteiger partial charge in [-0.2, -0.15) is 0 Å². The van der Waals surface area contributed by atoms with Crippen molar-refractivity contribution in [3.8, 4) is 5.75 Å². The number of halogens is 1. The van der Waals surface area contributed by atoms with Crippen LogP contribution in [-0.2, 0) is 11.2 Å². The number of nitrogens with zero attached hydrogens (tertiary/aromatic N) is 2. The number of ether oxygens (including phenoxy) is 1. The van der Waals surface area contributed by atoms with Crippen molar-refractivity contribution in [2.45, 2.75) is 38.8 Å². The molecule has 35 heavy (non-hydrogen) atoms. The van der Waals surface area contributed by atoms with Crippen molar-refractivity contribution < 1.29 is 14.3 Å². The Balaban J connectivity index is 1.50. The smallest absolute Gasteiger partial charge is 0.322 e. The molecule has 0 aliphatic carbocycles. The molecule has 1 aliphatic heterocycles. The molecule has 4 rings (SSSR count). The third-order valence-corrected chi connectivity index (χ3v) is 7.56. The summed E-state index contributed by atoms with van der Waals surface area (Å²) in [6, 6.07) is 18.1. The van der Waals surface area contributed by atoms with Gasteiger partial charge in [-0.1, -0.05) is 42.8 Å². The van der Waals surface area contributed by atoms with Gasteiger partial charge in [-0.05, 0) is 67.1 Å². The Labute approximate surface area is 215 Å². The molecule has 0 spiro atoms. The quantitative estimate of drug-likeness (QED) is 0.389. The molecular weight excluding hydrogens is 482 g/mol. The van der Waals surface area contributed by atoms with Crippen LogP contribution in [0, 0.1) is 0 Å². The number of carbonyl (C=O) groups excluding carboxylic acids is 2. The zero-order valence-electron chi connectivity index (χ0n) is 19.9. The first-order valence-electron chi connectivity index (χ1n) is 11.8. The van der Waals surface area contributed by atoms with Gasteiger partial charge in [-0.15, -0.1) is 11.3 Å². The van der Waals surface area contributed by atoms with Crippen LogP contribution < -0.4 is 10.1 Å². The Morgan fingerprint density at radius 3 is 2.74 bits per heavy atom. The molecule has 1 aliphatic rings. The molecule has 0 saturated heterocycles. The number of benzene rings is 2. The molecule has 0 unspecified atom stereocenters. The van der Waals surface area contributed by atoms with Crippen LogP contribution in [0.3, 0.4) is 0 Å². The van der Waals surface area contributed by atoms with E-state index in [-0.39, 0.29) is 30.6 Å². The van der Waals surface area contributed by atoms with Crippen molar-refractivity contribution in [3.63, 3.8) is 0 Å². The minimum Gasteiger partial charge on any atom is -0.491 e. The summed E-state index contributed by atoms with van der Waals surface area (Å²) < 4.78 is 6.07. The van der Waals surface area contributed by atoms with Crippen LogP contribution >= 0.6 is 22.9 Å². The number of urea groups is 1. The number of thiophene rings is 1. The van der Waals surface area contributed by atoms with E-state index in [1.807, 2.05) is 49.1 Å². The van der Waals surface area contributed by atoms with Gasteiger partial charge in [0.1, 0.15) is 18.9 Å². The minimum atomic E-state index is -0.319. The molecule has 6 nitrogen and oxygen atoms in total. The summed E-state index contributed by atoms with van der Waals surface area (Å²) in [5.74, 6) is 0.675. The number of amides is 3. The van der Waals surface area contributed by atoms with E-state index in [0.717, 1.165) is 24.2 Å². The SMILES string of the molecule is CC[C@H](C)N(CC(=O)N1CCc2sccc2[C@H]1COc1ccccc1)C(=O)Nc1cccc(Cl)c1. The number of nitrogens with one attached hydrogen (secondary N) is 1. The van der Waals surface area contributed by atoms with Crippen molar-refractivity contribution in [1.29, 1.82) is 0 Å². The van der Waals surface area contributed by atoms with Crippen LogP contribution in [0.2, 0.25) is 5.02 Å². The Bertz CT molecular complexity index is 1150. The van der Waals surface area contributed by atoms with Gasteiger partial charge in [0.25, 0.3) is 0 Å². The molecule has 2 atom stereocenters. The predicted octanol–water partition coefficient (Wildman–Crippen LogP) is 6.24. The summed E-state index contributed by atoms with van der Waals surface area (Å²) in [5.41, 5.74) is 1.72. The van der Waals surface area contributed by atoms with Crippen LogP contribution in [0.15, 0.2) is 66.0 Å². The maximum absolute atomic E-state index is 13.6. The van der Waals surface area contributed by atoms with E-state index in [1.54, 1.807) is 40.5 Å². The van der Waals surface area contributed by atoms with Crippen molar-refractivity contribution in [3.05, 3.63) is 81.5 Å². The van der Waals surface area contributed by atoms with Crippen LogP contribution in [-0.4, -0.2) is 47.5 Å². The fourth-order valence-electron chi connectivity index (χ4n) is 4.21. The van der Waals surface area contributed by atoms with Gasteiger partial charge in [0.2, 0.25) is 5.91 Å². The first-order valence-corrected chi connectivity index (χ1v) is 13.1. The average molecular weight is 512 g/mol. The Morgan fingerprint density at radius 2 is 2.00 bits per heavy atom. The van der Waals surface area contributed by atoms with Crippen molar-refractivity contribution in [2.75, 3.05) is 25.0 Å². The summed E-state index contributed by atoms with van der Waals surface area (Å²) in [7, 11) is 0. The highest BCUT2D eigenvalue weighted by Gasteiger charge is 2.34. The van der Waals surface area contributed by atoms with Gasteiger partial charge in [-0.3, -0.25) is 4.79 Å². The zero-order valence-corrected chi connectivity index (χ0v) is 21.5. The first kappa shape index (κ1) is 25.1. The van der Waals surface area contributed by atoms with Gasteiger partial charge in [0.15, 0.2) is 0 Å². The fraction of sp³-hybridized carbons (Fsp3) is 0.333. The molecule has 0 fully saturated rings. The molecule has 1 aromatic heterocycles. The Kier molecular flexibility index (Phi) is 8.31. The van der Waals surface area contributed by atoms with Crippen LogP contribution in [0.1, 0.15) is 36.8 Å². The molecule has 3 aromatic rings. The molecule has 0 bridgehead atoms. The second-order valence-corrected chi connectivity index (χ2v) is 10.0. The fourth-order valence-corrected chi connectivity index (χ4v) is 5.33. The maximum Gasteiger partial charge on any atom is 0.322 e. The highest BCUT2D eigenvalue weighted by atomic mass is 35.5. The summed E-state index contributed by atoms with van der Waals surface area (Å²) in [5, 5.41) is 5.49. The van der Waals surface area contributed by atoms with Gasteiger partial charge in [0.05, 0.1) is 6.04 Å². The summed E-state index contributed by atoms with van der Waals surface area (Å²) in [6.07, 6.45) is 1.53. The van der Waals surface area contributed by atoms with E-state index in [4.69, 9.17) is 16.3 Å². The predicted molar refractivity (Wildman–Crippen MR) is 141 cm³/mol. The van der Waals surface area contributed by atoms with E-state index in [9.17, 15) is 9.59 Å². The van der Waals surface area contributed by atoms with Gasteiger partial charge < -0.3 is 19.9 Å². The number of para-hydroxylation sites is 1. The molecule has 2 aromatic carbocycles. The second kappa shape index (κ2) is 11.6. The Hall–Kier alpha value is -3.03. The summed E-state index contributed by atoms with van der Waals surface area (Å²) in [6.45, 7) is 4.90. The monoisotopic (exact) mass is 511 g/mol. The normalized spacial score (nSPS) is 15.7. The first-order chi connectivity index (χ1) is 17.0. The lowest BCUT2D eigenvalue weighted by Gasteiger charge is -2.38. The number of anilines is 1. The maximum atomic E-state index is 13.6. The third kappa shape index (κ3) is 6.16. The lowest BCUT2D eigenvalue weighted by atomic mass is 10.00. The van der Waals surface area contributed by atoms with E-state index in [0.29, 0.717) is 23.9 Å².